The van der Waals surface area contributed by atoms with Gasteiger partial charge in [-0.05, 0) is 19.3 Å². The van der Waals surface area contributed by atoms with Gasteiger partial charge >= 0.3 is 11.9 Å². The van der Waals surface area contributed by atoms with Crippen molar-refractivity contribution in [3.63, 3.8) is 0 Å². The topological polar surface area (TPSA) is 104 Å². The van der Waals surface area contributed by atoms with Crippen molar-refractivity contribution in [3.05, 3.63) is 0 Å². The molecule has 0 unspecified atom stereocenters. The molecule has 0 aliphatic carbocycles. The number of aliphatic carboxylic acids is 2. The number of nitrogens with one attached hydrogen (secondary N) is 1. The zero-order chi connectivity index (χ0) is 23.9. The molecule has 6 nitrogen and oxygen atoms in total. The standard InChI is InChI=1S/C26H49NO5/c1-2-23(26(31)32)27-24(28)21-19-17-15-13-11-9-7-5-3-4-6-8-10-12-14-16-18-20-22-25(29)30/h23H,2-22H2,1H3,(H,27,28)(H,29,30)(H,31,32)/t23-/m0/s1. The molecule has 3 N–H and O–H groups in total. The minimum absolute atomic E-state index is 0.146. The number of amides is 1. The molecule has 0 aromatic heterocycles. The molecule has 188 valence electrons. The minimum atomic E-state index is -0.959. The number of hydrogen-bond donors (Lipinski definition) is 3. The summed E-state index contributed by atoms with van der Waals surface area (Å²) in [5, 5.41) is 20.1. The van der Waals surface area contributed by atoms with Crippen molar-refractivity contribution in [2.45, 2.75) is 148 Å². The Kier molecular flexibility index (Phi) is 21.5. The summed E-state index contributed by atoms with van der Waals surface area (Å²) < 4.78 is 0. The molecule has 0 radical (unpaired) electrons. The fourth-order valence-corrected chi connectivity index (χ4v) is 4.00. The van der Waals surface area contributed by atoms with E-state index in [1.54, 1.807) is 6.92 Å². The third kappa shape index (κ3) is 21.6. The van der Waals surface area contributed by atoms with Crippen LogP contribution >= 0.6 is 0 Å². The second-order valence-electron chi connectivity index (χ2n) is 9.12. The van der Waals surface area contributed by atoms with Crippen LogP contribution in [-0.2, 0) is 14.4 Å². The summed E-state index contributed by atoms with van der Waals surface area (Å²) in [5.74, 6) is -1.78. The highest BCUT2D eigenvalue weighted by Crippen LogP contribution is 2.14. The maximum absolute atomic E-state index is 11.7. The summed E-state index contributed by atoms with van der Waals surface area (Å²) in [5.41, 5.74) is 0. The predicted octanol–water partition coefficient (Wildman–Crippen LogP) is 6.85. The van der Waals surface area contributed by atoms with Gasteiger partial charge in [0.05, 0.1) is 0 Å². The third-order valence-electron chi connectivity index (χ3n) is 6.09. The second-order valence-corrected chi connectivity index (χ2v) is 9.12. The fourth-order valence-electron chi connectivity index (χ4n) is 4.00. The monoisotopic (exact) mass is 455 g/mol. The first-order valence-corrected chi connectivity index (χ1v) is 13.2. The lowest BCUT2D eigenvalue weighted by atomic mass is 10.0. The number of carbonyl (C=O) groups excluding carboxylic acids is 1. The fraction of sp³-hybridized carbons (Fsp3) is 0.885. The summed E-state index contributed by atoms with van der Waals surface area (Å²) in [7, 11) is 0. The van der Waals surface area contributed by atoms with Crippen molar-refractivity contribution < 1.29 is 24.6 Å². The Bertz CT molecular complexity index is 481. The lowest BCUT2D eigenvalue weighted by molar-refractivity contribution is -0.142. The molecular weight excluding hydrogens is 406 g/mol. The van der Waals surface area contributed by atoms with Crippen LogP contribution in [0, 0.1) is 0 Å². The maximum atomic E-state index is 11.7. The Balaban J connectivity index is 3.21. The van der Waals surface area contributed by atoms with Gasteiger partial charge in [-0.2, -0.15) is 0 Å². The van der Waals surface area contributed by atoms with Crippen LogP contribution in [0.15, 0.2) is 0 Å². The van der Waals surface area contributed by atoms with Crippen molar-refractivity contribution in [2.24, 2.45) is 0 Å². The van der Waals surface area contributed by atoms with Crippen LogP contribution in [0.5, 0.6) is 0 Å². The van der Waals surface area contributed by atoms with Crippen molar-refractivity contribution in [3.8, 4) is 0 Å². The number of hydrogen-bond acceptors (Lipinski definition) is 3. The summed E-state index contributed by atoms with van der Waals surface area (Å²) in [6, 6.07) is -0.754. The number of carbonyl (C=O) groups is 3. The van der Waals surface area contributed by atoms with Crippen LogP contribution < -0.4 is 5.32 Å². The quantitative estimate of drug-likeness (QED) is 0.138. The van der Waals surface area contributed by atoms with Gasteiger partial charge in [0, 0.05) is 12.8 Å². The molecule has 0 aromatic carbocycles. The van der Waals surface area contributed by atoms with Crippen LogP contribution in [0.3, 0.4) is 0 Å². The van der Waals surface area contributed by atoms with E-state index in [-0.39, 0.29) is 5.91 Å². The lowest BCUT2D eigenvalue weighted by Crippen LogP contribution is -2.40. The molecule has 0 spiro atoms. The molecule has 6 heteroatoms. The normalized spacial score (nSPS) is 11.9. The summed E-state index contributed by atoms with van der Waals surface area (Å²) in [6.07, 6.45) is 23.0. The van der Waals surface area contributed by atoms with E-state index in [2.05, 4.69) is 5.32 Å². The molecule has 0 saturated carbocycles. The Labute approximate surface area is 195 Å². The third-order valence-corrected chi connectivity index (χ3v) is 6.09. The molecule has 0 aliphatic heterocycles. The summed E-state index contributed by atoms with van der Waals surface area (Å²) >= 11 is 0. The summed E-state index contributed by atoms with van der Waals surface area (Å²) in [4.78, 5) is 33.1. The van der Waals surface area contributed by atoms with Gasteiger partial charge < -0.3 is 15.5 Å². The first kappa shape index (κ1) is 30.4. The molecule has 0 rings (SSSR count). The SMILES string of the molecule is CC[C@H](NC(=O)CCCCCCCCCCCCCCCCCCCCC(=O)O)C(=O)O. The molecule has 0 saturated heterocycles. The highest BCUT2D eigenvalue weighted by atomic mass is 16.4. The lowest BCUT2D eigenvalue weighted by Gasteiger charge is -2.11. The maximum Gasteiger partial charge on any atom is 0.326 e. The van der Waals surface area contributed by atoms with Crippen LogP contribution in [0.4, 0.5) is 0 Å². The van der Waals surface area contributed by atoms with Crippen LogP contribution in [0.1, 0.15) is 142 Å². The van der Waals surface area contributed by atoms with E-state index < -0.39 is 18.0 Å². The molecule has 0 fully saturated rings. The first-order valence-electron chi connectivity index (χ1n) is 13.2. The molecule has 1 amide bonds. The van der Waals surface area contributed by atoms with Gasteiger partial charge in [0.25, 0.3) is 0 Å². The molecule has 0 aliphatic rings. The Morgan fingerprint density at radius 3 is 1.16 bits per heavy atom. The molecule has 0 bridgehead atoms. The molecule has 1 atom stereocenters. The van der Waals surface area contributed by atoms with Crippen LogP contribution in [-0.4, -0.2) is 34.1 Å². The number of carboxylic acid groups (broad SMARTS) is 2. The van der Waals surface area contributed by atoms with E-state index in [1.807, 2.05) is 0 Å². The van der Waals surface area contributed by atoms with E-state index in [0.717, 1.165) is 32.1 Å². The van der Waals surface area contributed by atoms with E-state index in [4.69, 9.17) is 10.2 Å². The zero-order valence-corrected chi connectivity index (χ0v) is 20.5. The Morgan fingerprint density at radius 2 is 0.875 bits per heavy atom. The number of rotatable bonds is 24. The smallest absolute Gasteiger partial charge is 0.326 e. The largest absolute Gasteiger partial charge is 0.481 e. The van der Waals surface area contributed by atoms with Gasteiger partial charge in [-0.25, -0.2) is 4.79 Å². The van der Waals surface area contributed by atoms with E-state index in [0.29, 0.717) is 19.3 Å². The summed E-state index contributed by atoms with van der Waals surface area (Å²) in [6.45, 7) is 1.76. The van der Waals surface area contributed by atoms with Crippen molar-refractivity contribution in [1.82, 2.24) is 5.32 Å². The molecular formula is C26H49NO5. The van der Waals surface area contributed by atoms with E-state index in [9.17, 15) is 14.4 Å². The van der Waals surface area contributed by atoms with Gasteiger partial charge in [-0.1, -0.05) is 110 Å². The Hall–Kier alpha value is -1.59. The van der Waals surface area contributed by atoms with Crippen molar-refractivity contribution >= 4 is 17.8 Å². The number of carboxylic acids is 2. The van der Waals surface area contributed by atoms with E-state index in [1.165, 1.54) is 83.5 Å². The van der Waals surface area contributed by atoms with Gasteiger partial charge in [-0.15, -0.1) is 0 Å². The molecule has 0 heterocycles. The highest BCUT2D eigenvalue weighted by molar-refractivity contribution is 5.83. The van der Waals surface area contributed by atoms with Gasteiger partial charge in [-0.3, -0.25) is 9.59 Å². The average molecular weight is 456 g/mol. The van der Waals surface area contributed by atoms with Crippen LogP contribution in [0.25, 0.3) is 0 Å². The predicted molar refractivity (Wildman–Crippen MR) is 130 cm³/mol. The van der Waals surface area contributed by atoms with E-state index >= 15 is 0 Å². The van der Waals surface area contributed by atoms with Gasteiger partial charge in [0.1, 0.15) is 6.04 Å². The first-order chi connectivity index (χ1) is 15.5. The van der Waals surface area contributed by atoms with Crippen molar-refractivity contribution in [2.75, 3.05) is 0 Å². The van der Waals surface area contributed by atoms with Gasteiger partial charge in [0.15, 0.2) is 0 Å². The van der Waals surface area contributed by atoms with Crippen LogP contribution in [0.2, 0.25) is 0 Å². The Morgan fingerprint density at radius 1 is 0.562 bits per heavy atom. The molecule has 0 aromatic rings. The molecule has 32 heavy (non-hydrogen) atoms. The highest BCUT2D eigenvalue weighted by Gasteiger charge is 2.16. The average Bonchev–Trinajstić information content (AvgIpc) is 2.75. The second kappa shape index (κ2) is 22.6. The zero-order valence-electron chi connectivity index (χ0n) is 20.5. The minimum Gasteiger partial charge on any atom is -0.481 e. The van der Waals surface area contributed by atoms with Crippen molar-refractivity contribution in [1.29, 1.82) is 0 Å². The number of unbranched alkanes of at least 4 members (excludes halogenated alkanes) is 17. The van der Waals surface area contributed by atoms with Gasteiger partial charge in [0.2, 0.25) is 5.91 Å².